The highest BCUT2D eigenvalue weighted by Gasteiger charge is 2.14. The molecule has 0 aliphatic heterocycles. The van der Waals surface area contributed by atoms with Crippen molar-refractivity contribution in [3.05, 3.63) is 38.6 Å². The molecule has 2 aromatic rings. The molecule has 0 unspecified atom stereocenters. The van der Waals surface area contributed by atoms with Crippen molar-refractivity contribution in [2.75, 3.05) is 24.2 Å². The molecule has 0 atom stereocenters. The highest BCUT2D eigenvalue weighted by molar-refractivity contribution is 9.11. The molecule has 21 heavy (non-hydrogen) atoms. The van der Waals surface area contributed by atoms with E-state index in [1.807, 2.05) is 6.07 Å². The van der Waals surface area contributed by atoms with Crippen LogP contribution in [0.15, 0.2) is 28.2 Å². The highest BCUT2D eigenvalue weighted by Crippen LogP contribution is 2.23. The van der Waals surface area contributed by atoms with Crippen LogP contribution in [0.1, 0.15) is 22.2 Å². The Morgan fingerprint density at radius 3 is 2.95 bits per heavy atom. The van der Waals surface area contributed by atoms with Crippen molar-refractivity contribution in [3.8, 4) is 0 Å². The van der Waals surface area contributed by atoms with Gasteiger partial charge in [0.05, 0.1) is 21.6 Å². The van der Waals surface area contributed by atoms with Crippen molar-refractivity contribution in [1.82, 2.24) is 4.98 Å². The minimum absolute atomic E-state index is 0.316. The topological polar surface area (TPSA) is 77.2 Å². The van der Waals surface area contributed by atoms with Crippen molar-refractivity contribution in [1.29, 1.82) is 0 Å². The van der Waals surface area contributed by atoms with E-state index in [1.54, 1.807) is 30.5 Å². The zero-order valence-electron chi connectivity index (χ0n) is 11.6. The molecular weight excluding hydrogens is 354 g/mol. The van der Waals surface area contributed by atoms with Gasteiger partial charge in [-0.1, -0.05) is 0 Å². The number of thiophene rings is 1. The minimum Gasteiger partial charge on any atom is -0.462 e. The second-order valence-electron chi connectivity index (χ2n) is 4.22. The molecule has 2 heterocycles. The Morgan fingerprint density at radius 1 is 1.48 bits per heavy atom. The van der Waals surface area contributed by atoms with Crippen molar-refractivity contribution in [2.24, 2.45) is 0 Å². The molecule has 7 heteroatoms. The fourth-order valence-corrected chi connectivity index (χ4v) is 3.27. The van der Waals surface area contributed by atoms with Crippen LogP contribution in [0.4, 0.5) is 11.5 Å². The Bertz CT molecular complexity index is 630. The van der Waals surface area contributed by atoms with Gasteiger partial charge < -0.3 is 15.8 Å². The average molecular weight is 370 g/mol. The summed E-state index contributed by atoms with van der Waals surface area (Å²) >= 11 is 5.13. The number of pyridine rings is 1. The predicted molar refractivity (Wildman–Crippen MR) is 88.8 cm³/mol. The molecule has 0 spiro atoms. The van der Waals surface area contributed by atoms with Crippen LogP contribution in [-0.4, -0.2) is 24.1 Å². The first-order valence-electron chi connectivity index (χ1n) is 6.51. The van der Waals surface area contributed by atoms with Gasteiger partial charge in [0.15, 0.2) is 0 Å². The number of nitrogens with one attached hydrogen (secondary N) is 1. The normalized spacial score (nSPS) is 10.4. The van der Waals surface area contributed by atoms with Crippen LogP contribution in [0, 0.1) is 0 Å². The van der Waals surface area contributed by atoms with E-state index in [2.05, 4.69) is 32.3 Å². The fourth-order valence-electron chi connectivity index (χ4n) is 1.79. The number of nitrogen functional groups attached to an aromatic ring is 1. The molecule has 0 saturated heterocycles. The molecule has 2 rings (SSSR count). The number of rotatable bonds is 6. The second-order valence-corrected chi connectivity index (χ2v) is 6.77. The van der Waals surface area contributed by atoms with Gasteiger partial charge in [0.25, 0.3) is 0 Å². The van der Waals surface area contributed by atoms with Crippen LogP contribution >= 0.6 is 27.3 Å². The number of hydrogen-bond acceptors (Lipinski definition) is 6. The quantitative estimate of drug-likeness (QED) is 0.763. The summed E-state index contributed by atoms with van der Waals surface area (Å²) in [6.45, 7) is 2.76. The molecule has 112 valence electrons. The van der Waals surface area contributed by atoms with Gasteiger partial charge in [0.1, 0.15) is 5.82 Å². The molecule has 0 bridgehead atoms. The average Bonchev–Trinajstić information content (AvgIpc) is 2.86. The van der Waals surface area contributed by atoms with Gasteiger partial charge in [-0.25, -0.2) is 9.78 Å². The molecule has 3 N–H and O–H groups in total. The largest absolute Gasteiger partial charge is 0.462 e. The van der Waals surface area contributed by atoms with Gasteiger partial charge in [0, 0.05) is 17.6 Å². The van der Waals surface area contributed by atoms with Crippen LogP contribution in [-0.2, 0) is 11.2 Å². The van der Waals surface area contributed by atoms with E-state index in [9.17, 15) is 4.79 Å². The molecule has 0 amide bonds. The van der Waals surface area contributed by atoms with Crippen LogP contribution in [0.25, 0.3) is 0 Å². The first kappa shape index (κ1) is 15.8. The maximum absolute atomic E-state index is 11.8. The summed E-state index contributed by atoms with van der Waals surface area (Å²) in [4.78, 5) is 17.2. The summed E-state index contributed by atoms with van der Waals surface area (Å²) < 4.78 is 6.07. The van der Waals surface area contributed by atoms with Gasteiger partial charge in [-0.2, -0.15) is 0 Å². The van der Waals surface area contributed by atoms with Gasteiger partial charge >= 0.3 is 5.97 Å². The zero-order valence-corrected chi connectivity index (χ0v) is 14.0. The molecule has 0 fully saturated rings. The number of aromatic nitrogens is 1. The lowest BCUT2D eigenvalue weighted by Gasteiger charge is -2.10. The van der Waals surface area contributed by atoms with Crippen molar-refractivity contribution in [2.45, 2.75) is 13.3 Å². The van der Waals surface area contributed by atoms with E-state index < -0.39 is 5.97 Å². The first-order valence-corrected chi connectivity index (χ1v) is 8.12. The maximum Gasteiger partial charge on any atom is 0.340 e. The van der Waals surface area contributed by atoms with Crippen LogP contribution in [0.3, 0.4) is 0 Å². The number of esters is 1. The molecule has 0 aliphatic rings. The number of halogens is 1. The number of anilines is 2. The lowest BCUT2D eigenvalue weighted by molar-refractivity contribution is 0.0527. The Labute approximate surface area is 135 Å². The molecule has 0 radical (unpaired) electrons. The lowest BCUT2D eigenvalue weighted by Crippen LogP contribution is -2.13. The van der Waals surface area contributed by atoms with E-state index in [1.165, 1.54) is 4.88 Å². The number of hydrogen-bond donors (Lipinski definition) is 2. The Hall–Kier alpha value is -1.60. The number of carbonyl (C=O) groups is 1. The lowest BCUT2D eigenvalue weighted by atomic mass is 10.2. The number of nitrogens with zero attached hydrogens (tertiary/aromatic N) is 1. The molecule has 0 aliphatic carbocycles. The molecule has 5 nitrogen and oxygen atoms in total. The van der Waals surface area contributed by atoms with E-state index >= 15 is 0 Å². The summed E-state index contributed by atoms with van der Waals surface area (Å²) in [6, 6.07) is 5.66. The van der Waals surface area contributed by atoms with Gasteiger partial charge in [-0.15, -0.1) is 11.3 Å². The van der Waals surface area contributed by atoms with E-state index in [-0.39, 0.29) is 0 Å². The predicted octanol–water partition coefficient (Wildman–Crippen LogP) is 3.32. The Balaban J connectivity index is 2.00. The number of ether oxygens (including phenoxy) is 1. The van der Waals surface area contributed by atoms with Crippen molar-refractivity contribution in [3.63, 3.8) is 0 Å². The van der Waals surface area contributed by atoms with Crippen LogP contribution < -0.4 is 11.1 Å². The molecule has 0 aromatic carbocycles. The summed E-state index contributed by atoms with van der Waals surface area (Å²) in [5.41, 5.74) is 6.63. The minimum atomic E-state index is -0.428. The third kappa shape index (κ3) is 4.18. The van der Waals surface area contributed by atoms with Gasteiger partial charge in [-0.05, 0) is 47.5 Å². The summed E-state index contributed by atoms with van der Waals surface area (Å²) in [6.07, 6.45) is 2.41. The highest BCUT2D eigenvalue weighted by atomic mass is 79.9. The molecular formula is C14H16BrN3O2S. The van der Waals surface area contributed by atoms with E-state index in [0.717, 1.165) is 10.2 Å². The SMILES string of the molecule is CCOC(=O)c1ccnc(NCCc2ccc(Br)s2)c1N. The van der Waals surface area contributed by atoms with Crippen LogP contribution in [0.2, 0.25) is 0 Å². The monoisotopic (exact) mass is 369 g/mol. The van der Waals surface area contributed by atoms with Crippen LogP contribution in [0.5, 0.6) is 0 Å². The smallest absolute Gasteiger partial charge is 0.340 e. The van der Waals surface area contributed by atoms with E-state index in [4.69, 9.17) is 10.5 Å². The van der Waals surface area contributed by atoms with Gasteiger partial charge in [-0.3, -0.25) is 0 Å². The number of carbonyl (C=O) groups excluding carboxylic acids is 1. The summed E-state index contributed by atoms with van der Waals surface area (Å²) in [7, 11) is 0. The van der Waals surface area contributed by atoms with Crippen molar-refractivity contribution < 1.29 is 9.53 Å². The third-order valence-corrected chi connectivity index (χ3v) is 4.46. The first-order chi connectivity index (χ1) is 10.1. The maximum atomic E-state index is 11.8. The molecule has 2 aromatic heterocycles. The fraction of sp³-hybridized carbons (Fsp3) is 0.286. The molecule has 0 saturated carbocycles. The Morgan fingerprint density at radius 2 is 2.29 bits per heavy atom. The van der Waals surface area contributed by atoms with Crippen molar-refractivity contribution >= 4 is 44.7 Å². The zero-order chi connectivity index (χ0) is 15.2. The van der Waals surface area contributed by atoms with Gasteiger partial charge in [0.2, 0.25) is 0 Å². The summed E-state index contributed by atoms with van der Waals surface area (Å²) in [5.74, 6) is 0.0822. The standard InChI is InChI=1S/C14H16BrN3O2S/c1-2-20-14(19)10-6-8-18-13(12(10)16)17-7-5-9-3-4-11(15)21-9/h3-4,6,8H,2,5,7,16H2,1H3,(H,17,18). The second kappa shape index (κ2) is 7.42. The van der Waals surface area contributed by atoms with E-state index in [0.29, 0.717) is 30.2 Å². The third-order valence-electron chi connectivity index (χ3n) is 2.78. The number of nitrogens with two attached hydrogens (primary N) is 1. The summed E-state index contributed by atoms with van der Waals surface area (Å²) in [5, 5.41) is 3.16. The Kier molecular flexibility index (Phi) is 5.58.